The van der Waals surface area contributed by atoms with Crippen molar-refractivity contribution < 1.29 is 18.7 Å². The van der Waals surface area contributed by atoms with E-state index in [0.29, 0.717) is 29.6 Å². The number of ether oxygens (including phenoxy) is 1. The minimum absolute atomic E-state index is 0.0225. The summed E-state index contributed by atoms with van der Waals surface area (Å²) in [7, 11) is 0. The van der Waals surface area contributed by atoms with E-state index in [1.165, 1.54) is 24.8 Å². The number of fused-ring (bicyclic) bond motifs is 1. The highest BCUT2D eigenvalue weighted by atomic mass is 16.5. The van der Waals surface area contributed by atoms with Crippen molar-refractivity contribution in [2.45, 2.75) is 32.9 Å². The fourth-order valence-corrected chi connectivity index (χ4v) is 3.79. The van der Waals surface area contributed by atoms with Crippen molar-refractivity contribution in [2.75, 3.05) is 16.8 Å². The van der Waals surface area contributed by atoms with E-state index in [4.69, 9.17) is 9.15 Å². The van der Waals surface area contributed by atoms with Crippen LogP contribution in [0.3, 0.4) is 0 Å². The van der Waals surface area contributed by atoms with Crippen LogP contribution in [0.1, 0.15) is 35.5 Å². The van der Waals surface area contributed by atoms with Gasteiger partial charge in [0.15, 0.2) is 12.4 Å². The zero-order valence-electron chi connectivity index (χ0n) is 18.0. The molecule has 1 aliphatic rings. The molecule has 32 heavy (non-hydrogen) atoms. The molecule has 2 aromatic carbocycles. The molecule has 1 aliphatic heterocycles. The third kappa shape index (κ3) is 4.72. The molecule has 2 heterocycles. The van der Waals surface area contributed by atoms with E-state index in [2.05, 4.69) is 29.3 Å². The van der Waals surface area contributed by atoms with Crippen molar-refractivity contribution in [3.05, 3.63) is 88.0 Å². The zero-order chi connectivity index (χ0) is 22.7. The lowest BCUT2D eigenvalue weighted by Gasteiger charge is -2.24. The number of carbonyl (C=O) groups is 2. The van der Waals surface area contributed by atoms with Crippen LogP contribution < -0.4 is 20.4 Å². The van der Waals surface area contributed by atoms with E-state index < -0.39 is 5.91 Å². The fourth-order valence-electron chi connectivity index (χ4n) is 3.79. The van der Waals surface area contributed by atoms with Gasteiger partial charge in [0.25, 0.3) is 5.91 Å². The topological polar surface area (TPSA) is 88.8 Å². The lowest BCUT2D eigenvalue weighted by molar-refractivity contribution is -0.118. The molecule has 3 aromatic rings. The first-order valence-electron chi connectivity index (χ1n) is 10.4. The molecule has 0 saturated carbocycles. The number of nitrogens with zero attached hydrogens (tertiary/aromatic N) is 1. The van der Waals surface area contributed by atoms with Gasteiger partial charge in [-0.3, -0.25) is 14.4 Å². The quantitative estimate of drug-likeness (QED) is 0.571. The molecule has 164 valence electrons. The minimum Gasteiger partial charge on any atom is -0.477 e. The number of amides is 1. The van der Waals surface area contributed by atoms with Gasteiger partial charge < -0.3 is 19.4 Å². The van der Waals surface area contributed by atoms with Gasteiger partial charge in [0.05, 0.1) is 6.54 Å². The number of benzene rings is 2. The molecule has 0 radical (unpaired) electrons. The van der Waals surface area contributed by atoms with E-state index in [9.17, 15) is 14.4 Å². The summed E-state index contributed by atoms with van der Waals surface area (Å²) in [5.74, 6) is 0.0305. The molecule has 4 rings (SSSR count). The first-order valence-corrected chi connectivity index (χ1v) is 10.4. The van der Waals surface area contributed by atoms with E-state index in [-0.39, 0.29) is 23.6 Å². The molecule has 1 aromatic heterocycles. The Morgan fingerprint density at radius 1 is 1.16 bits per heavy atom. The molecule has 0 fully saturated rings. The van der Waals surface area contributed by atoms with Crippen LogP contribution >= 0.6 is 0 Å². The third-order valence-corrected chi connectivity index (χ3v) is 5.46. The zero-order valence-corrected chi connectivity index (χ0v) is 18.0. The van der Waals surface area contributed by atoms with E-state index >= 15 is 0 Å². The second kappa shape index (κ2) is 9.09. The summed E-state index contributed by atoms with van der Waals surface area (Å²) in [6.45, 7) is 3.75. The van der Waals surface area contributed by atoms with Gasteiger partial charge in [-0.1, -0.05) is 18.2 Å². The molecular formula is C25H24N2O5. The van der Waals surface area contributed by atoms with Crippen molar-refractivity contribution in [3.63, 3.8) is 0 Å². The Morgan fingerprint density at radius 3 is 2.62 bits per heavy atom. The minimum atomic E-state index is -0.424. The van der Waals surface area contributed by atoms with Crippen LogP contribution in [0.15, 0.2) is 70.1 Å². The largest absolute Gasteiger partial charge is 0.477 e. The van der Waals surface area contributed by atoms with Crippen LogP contribution in [0.4, 0.5) is 11.4 Å². The second-order valence-electron chi connectivity index (χ2n) is 7.86. The number of Topliss-reactive ketones (excluding diaryl/α,β-unsaturated/α-hetero) is 1. The smallest absolute Gasteiger partial charge is 0.262 e. The molecular weight excluding hydrogens is 408 g/mol. The van der Waals surface area contributed by atoms with Gasteiger partial charge in [-0.2, -0.15) is 0 Å². The van der Waals surface area contributed by atoms with Crippen molar-refractivity contribution in [3.8, 4) is 5.75 Å². The van der Waals surface area contributed by atoms with Crippen LogP contribution in [0, 0.1) is 0 Å². The highest BCUT2D eigenvalue weighted by Crippen LogP contribution is 2.32. The second-order valence-corrected chi connectivity index (χ2v) is 7.86. The van der Waals surface area contributed by atoms with E-state index in [1.807, 2.05) is 12.1 Å². The Bertz CT molecular complexity index is 1200. The maximum Gasteiger partial charge on any atom is 0.262 e. The van der Waals surface area contributed by atoms with Crippen LogP contribution in [0.5, 0.6) is 5.75 Å². The van der Waals surface area contributed by atoms with Crippen molar-refractivity contribution in [1.82, 2.24) is 0 Å². The number of anilines is 2. The third-order valence-electron chi connectivity index (χ3n) is 5.46. The normalized spacial score (nSPS) is 14.7. The number of rotatable bonds is 7. The molecule has 7 heteroatoms. The summed E-state index contributed by atoms with van der Waals surface area (Å²) >= 11 is 0. The van der Waals surface area contributed by atoms with Crippen LogP contribution in [0.2, 0.25) is 0 Å². The molecule has 1 atom stereocenters. The van der Waals surface area contributed by atoms with Gasteiger partial charge in [-0.25, -0.2) is 0 Å². The Hall–Kier alpha value is -3.87. The Kier molecular flexibility index (Phi) is 6.07. The number of ketones is 1. The summed E-state index contributed by atoms with van der Waals surface area (Å²) in [5.41, 5.74) is 3.18. The predicted molar refractivity (Wildman–Crippen MR) is 121 cm³/mol. The lowest BCUT2D eigenvalue weighted by Crippen LogP contribution is -2.29. The first-order chi connectivity index (χ1) is 15.4. The molecule has 1 N–H and O–H groups in total. The standard InChI is InChI=1S/C25H24N2O5/c1-16-11-19-5-3-4-6-22(19)27(16)13-21-12-23(29)24(14-31-21)32-15-25(30)26-20-9-7-18(8-10-20)17(2)28/h3-10,12,14,16H,11,13,15H2,1-2H3,(H,26,30)/t16-/m0/s1. The number of para-hydroxylation sites is 1. The molecule has 0 bridgehead atoms. The lowest BCUT2D eigenvalue weighted by atomic mass is 10.1. The summed E-state index contributed by atoms with van der Waals surface area (Å²) in [4.78, 5) is 38.1. The molecule has 0 spiro atoms. The molecule has 0 aliphatic carbocycles. The van der Waals surface area contributed by atoms with Crippen LogP contribution in [0.25, 0.3) is 0 Å². The van der Waals surface area contributed by atoms with Gasteiger partial charge in [0, 0.05) is 29.0 Å². The number of nitrogens with one attached hydrogen (secondary N) is 1. The monoisotopic (exact) mass is 432 g/mol. The molecule has 7 nitrogen and oxygen atoms in total. The van der Waals surface area contributed by atoms with Gasteiger partial charge in [0.2, 0.25) is 11.2 Å². The van der Waals surface area contributed by atoms with Crippen molar-refractivity contribution in [2.24, 2.45) is 0 Å². The SMILES string of the molecule is CC(=O)c1ccc(NC(=O)COc2coc(CN3c4ccccc4C[C@@H]3C)cc2=O)cc1. The Balaban J connectivity index is 1.35. The van der Waals surface area contributed by atoms with Crippen LogP contribution in [-0.4, -0.2) is 24.3 Å². The summed E-state index contributed by atoms with van der Waals surface area (Å²) in [5, 5.41) is 2.66. The van der Waals surface area contributed by atoms with Crippen molar-refractivity contribution in [1.29, 1.82) is 0 Å². The maximum atomic E-state index is 12.4. The highest BCUT2D eigenvalue weighted by Gasteiger charge is 2.26. The number of hydrogen-bond donors (Lipinski definition) is 1. The summed E-state index contributed by atoms with van der Waals surface area (Å²) < 4.78 is 11.0. The van der Waals surface area contributed by atoms with Gasteiger partial charge >= 0.3 is 0 Å². The molecule has 0 saturated heterocycles. The van der Waals surface area contributed by atoms with Gasteiger partial charge in [-0.15, -0.1) is 0 Å². The van der Waals surface area contributed by atoms with Crippen LogP contribution in [-0.2, 0) is 17.8 Å². The summed E-state index contributed by atoms with van der Waals surface area (Å²) in [6, 6.07) is 16.5. The number of carbonyl (C=O) groups excluding carboxylic acids is 2. The van der Waals surface area contributed by atoms with Gasteiger partial charge in [-0.05, 0) is 56.2 Å². The average molecular weight is 432 g/mol. The fraction of sp³-hybridized carbons (Fsp3) is 0.240. The first kappa shape index (κ1) is 21.4. The Morgan fingerprint density at radius 2 is 1.91 bits per heavy atom. The summed E-state index contributed by atoms with van der Waals surface area (Å²) in [6.07, 6.45) is 2.20. The Labute approximate surface area is 185 Å². The van der Waals surface area contributed by atoms with E-state index in [0.717, 1.165) is 12.1 Å². The van der Waals surface area contributed by atoms with Crippen molar-refractivity contribution >= 4 is 23.1 Å². The highest BCUT2D eigenvalue weighted by molar-refractivity contribution is 5.95. The predicted octanol–water partition coefficient (Wildman–Crippen LogP) is 3.81. The number of hydrogen-bond acceptors (Lipinski definition) is 6. The average Bonchev–Trinajstić information content (AvgIpc) is 3.08. The van der Waals surface area contributed by atoms with E-state index in [1.54, 1.807) is 24.3 Å². The van der Waals surface area contributed by atoms with Gasteiger partial charge in [0.1, 0.15) is 12.0 Å². The molecule has 1 amide bonds. The maximum absolute atomic E-state index is 12.4. The molecule has 0 unspecified atom stereocenters.